The van der Waals surface area contributed by atoms with Gasteiger partial charge in [-0.3, -0.25) is 9.55 Å². The minimum Gasteiger partial charge on any atom is -0.277 e. The molecule has 5 nitrogen and oxygen atoms in total. The molecule has 0 saturated heterocycles. The average Bonchev–Trinajstić information content (AvgIpc) is 2.79. The molecule has 21 heavy (non-hydrogen) atoms. The number of rotatable bonds is 3. The maximum Gasteiger partial charge on any atom is 0.346 e. The van der Waals surface area contributed by atoms with E-state index in [0.717, 1.165) is 11.1 Å². The SMILES string of the molecule is Cc1ccccc1Cn1nc(-c2ccccn2)n(C)c1=O. The minimum absolute atomic E-state index is 0.140. The number of benzene rings is 1. The van der Waals surface area contributed by atoms with Crippen molar-refractivity contribution >= 4 is 0 Å². The lowest BCUT2D eigenvalue weighted by Crippen LogP contribution is -2.23. The molecule has 0 bridgehead atoms. The van der Waals surface area contributed by atoms with Crippen molar-refractivity contribution < 1.29 is 0 Å². The number of nitrogens with zero attached hydrogens (tertiary/aromatic N) is 4. The van der Waals surface area contributed by atoms with E-state index in [-0.39, 0.29) is 5.69 Å². The molecule has 2 heterocycles. The van der Waals surface area contributed by atoms with Crippen LogP contribution in [-0.4, -0.2) is 19.3 Å². The second kappa shape index (κ2) is 5.36. The van der Waals surface area contributed by atoms with Crippen molar-refractivity contribution in [3.8, 4) is 11.5 Å². The average molecular weight is 280 g/mol. The van der Waals surface area contributed by atoms with Crippen molar-refractivity contribution in [1.82, 2.24) is 19.3 Å². The Balaban J connectivity index is 2.02. The third-order valence-corrected chi connectivity index (χ3v) is 3.52. The highest BCUT2D eigenvalue weighted by atomic mass is 16.2. The molecule has 0 atom stereocenters. The van der Waals surface area contributed by atoms with E-state index in [1.807, 2.05) is 49.4 Å². The van der Waals surface area contributed by atoms with Gasteiger partial charge in [-0.05, 0) is 30.2 Å². The van der Waals surface area contributed by atoms with Gasteiger partial charge in [-0.1, -0.05) is 30.3 Å². The smallest absolute Gasteiger partial charge is 0.277 e. The van der Waals surface area contributed by atoms with Crippen LogP contribution in [0.25, 0.3) is 11.5 Å². The second-order valence-electron chi connectivity index (χ2n) is 4.96. The standard InChI is InChI=1S/C16H16N4O/c1-12-7-3-4-8-13(12)11-20-16(21)19(2)15(18-20)14-9-5-6-10-17-14/h3-10H,11H2,1-2H3. The molecule has 3 aromatic rings. The third kappa shape index (κ3) is 2.50. The number of pyridine rings is 1. The Bertz CT molecular complexity index is 818. The predicted octanol–water partition coefficient (Wildman–Crippen LogP) is 2.00. The Morgan fingerprint density at radius 3 is 2.57 bits per heavy atom. The number of aryl methyl sites for hydroxylation is 1. The molecule has 1 aromatic carbocycles. The Hall–Kier alpha value is -2.69. The summed E-state index contributed by atoms with van der Waals surface area (Å²) in [5, 5.41) is 4.42. The molecular formula is C16H16N4O. The lowest BCUT2D eigenvalue weighted by Gasteiger charge is -2.03. The van der Waals surface area contributed by atoms with Gasteiger partial charge in [0.05, 0.1) is 6.54 Å². The topological polar surface area (TPSA) is 52.7 Å². The zero-order valence-corrected chi connectivity index (χ0v) is 12.0. The zero-order chi connectivity index (χ0) is 14.8. The van der Waals surface area contributed by atoms with E-state index in [1.54, 1.807) is 13.2 Å². The summed E-state index contributed by atoms with van der Waals surface area (Å²) in [6, 6.07) is 13.6. The summed E-state index contributed by atoms with van der Waals surface area (Å²) in [6.45, 7) is 2.50. The molecular weight excluding hydrogens is 264 g/mol. The summed E-state index contributed by atoms with van der Waals surface area (Å²) in [5.74, 6) is 0.578. The van der Waals surface area contributed by atoms with E-state index in [1.165, 1.54) is 9.25 Å². The molecule has 0 amide bonds. The first-order valence-electron chi connectivity index (χ1n) is 6.76. The number of aromatic nitrogens is 4. The molecule has 0 aliphatic rings. The summed E-state index contributed by atoms with van der Waals surface area (Å²) in [4.78, 5) is 16.6. The molecule has 3 rings (SSSR count). The predicted molar refractivity (Wildman–Crippen MR) is 81.0 cm³/mol. The maximum atomic E-state index is 12.3. The van der Waals surface area contributed by atoms with Gasteiger partial charge >= 0.3 is 5.69 Å². The summed E-state index contributed by atoms with van der Waals surface area (Å²) in [7, 11) is 1.72. The van der Waals surface area contributed by atoms with Crippen LogP contribution in [0.15, 0.2) is 53.5 Å². The molecule has 0 saturated carbocycles. The highest BCUT2D eigenvalue weighted by molar-refractivity contribution is 5.48. The highest BCUT2D eigenvalue weighted by Crippen LogP contribution is 2.12. The molecule has 0 fully saturated rings. The molecule has 0 spiro atoms. The molecule has 5 heteroatoms. The number of hydrogen-bond acceptors (Lipinski definition) is 3. The van der Waals surface area contributed by atoms with E-state index in [9.17, 15) is 4.79 Å². The van der Waals surface area contributed by atoms with E-state index < -0.39 is 0 Å². The Morgan fingerprint density at radius 2 is 1.86 bits per heavy atom. The first-order valence-corrected chi connectivity index (χ1v) is 6.76. The fraction of sp³-hybridized carbons (Fsp3) is 0.188. The van der Waals surface area contributed by atoms with Crippen LogP contribution < -0.4 is 5.69 Å². The monoisotopic (exact) mass is 280 g/mol. The molecule has 0 N–H and O–H groups in total. The third-order valence-electron chi connectivity index (χ3n) is 3.52. The van der Waals surface area contributed by atoms with Crippen molar-refractivity contribution in [3.63, 3.8) is 0 Å². The maximum absolute atomic E-state index is 12.3. The van der Waals surface area contributed by atoms with Gasteiger partial charge in [-0.25, -0.2) is 9.48 Å². The van der Waals surface area contributed by atoms with Gasteiger partial charge in [0.25, 0.3) is 0 Å². The Labute approximate surface area is 122 Å². The van der Waals surface area contributed by atoms with Crippen LogP contribution in [0.3, 0.4) is 0 Å². The first-order chi connectivity index (χ1) is 10.2. The Kier molecular flexibility index (Phi) is 3.39. The van der Waals surface area contributed by atoms with Crippen LogP contribution in [0.4, 0.5) is 0 Å². The largest absolute Gasteiger partial charge is 0.346 e. The molecule has 2 aromatic heterocycles. The summed E-state index contributed by atoms with van der Waals surface area (Å²) >= 11 is 0. The summed E-state index contributed by atoms with van der Waals surface area (Å²) in [6.07, 6.45) is 1.69. The van der Waals surface area contributed by atoms with E-state index in [0.29, 0.717) is 18.1 Å². The summed E-state index contributed by atoms with van der Waals surface area (Å²) in [5.41, 5.74) is 2.79. The van der Waals surface area contributed by atoms with Crippen LogP contribution >= 0.6 is 0 Å². The molecule has 0 aliphatic heterocycles. The van der Waals surface area contributed by atoms with Crippen LogP contribution in [0.2, 0.25) is 0 Å². The van der Waals surface area contributed by atoms with Gasteiger partial charge in [0, 0.05) is 13.2 Å². The second-order valence-corrected chi connectivity index (χ2v) is 4.96. The van der Waals surface area contributed by atoms with Crippen LogP contribution in [0.5, 0.6) is 0 Å². The van der Waals surface area contributed by atoms with Crippen molar-refractivity contribution in [2.75, 3.05) is 0 Å². The van der Waals surface area contributed by atoms with E-state index >= 15 is 0 Å². The van der Waals surface area contributed by atoms with Crippen molar-refractivity contribution in [2.24, 2.45) is 7.05 Å². The normalized spacial score (nSPS) is 10.8. The van der Waals surface area contributed by atoms with Crippen LogP contribution in [0.1, 0.15) is 11.1 Å². The Morgan fingerprint density at radius 1 is 1.10 bits per heavy atom. The lowest BCUT2D eigenvalue weighted by molar-refractivity contribution is 0.645. The lowest BCUT2D eigenvalue weighted by atomic mass is 10.1. The highest BCUT2D eigenvalue weighted by Gasteiger charge is 2.13. The minimum atomic E-state index is -0.140. The molecule has 0 radical (unpaired) electrons. The first kappa shape index (κ1) is 13.3. The summed E-state index contributed by atoms with van der Waals surface area (Å²) < 4.78 is 3.01. The fourth-order valence-corrected chi connectivity index (χ4v) is 2.26. The van der Waals surface area contributed by atoms with Crippen molar-refractivity contribution in [1.29, 1.82) is 0 Å². The molecule has 106 valence electrons. The van der Waals surface area contributed by atoms with Gasteiger partial charge in [0.2, 0.25) is 0 Å². The zero-order valence-electron chi connectivity index (χ0n) is 12.0. The van der Waals surface area contributed by atoms with Gasteiger partial charge in [-0.2, -0.15) is 0 Å². The fourth-order valence-electron chi connectivity index (χ4n) is 2.26. The van der Waals surface area contributed by atoms with Crippen molar-refractivity contribution in [3.05, 3.63) is 70.3 Å². The van der Waals surface area contributed by atoms with Crippen LogP contribution in [0, 0.1) is 6.92 Å². The van der Waals surface area contributed by atoms with Crippen molar-refractivity contribution in [2.45, 2.75) is 13.5 Å². The van der Waals surface area contributed by atoms with E-state index in [2.05, 4.69) is 10.1 Å². The van der Waals surface area contributed by atoms with Gasteiger partial charge in [0.1, 0.15) is 5.69 Å². The van der Waals surface area contributed by atoms with Gasteiger partial charge in [0.15, 0.2) is 5.82 Å². The molecule has 0 aliphatic carbocycles. The number of hydrogen-bond donors (Lipinski definition) is 0. The quantitative estimate of drug-likeness (QED) is 0.737. The van der Waals surface area contributed by atoms with Gasteiger partial charge < -0.3 is 0 Å². The van der Waals surface area contributed by atoms with Crippen LogP contribution in [-0.2, 0) is 13.6 Å². The van der Waals surface area contributed by atoms with E-state index in [4.69, 9.17) is 0 Å². The molecule has 0 unspecified atom stereocenters. The van der Waals surface area contributed by atoms with Gasteiger partial charge in [-0.15, -0.1) is 5.10 Å².